The summed E-state index contributed by atoms with van der Waals surface area (Å²) in [5.74, 6) is 1.46. The number of ether oxygens (including phenoxy) is 2. The lowest BCUT2D eigenvalue weighted by molar-refractivity contribution is 0.0945. The van der Waals surface area contributed by atoms with Crippen molar-refractivity contribution in [3.63, 3.8) is 0 Å². The van der Waals surface area contributed by atoms with Crippen molar-refractivity contribution in [3.05, 3.63) is 90.6 Å². The molecular formula is C25H22N6O3. The molecule has 1 N–H and O–H groups in total. The van der Waals surface area contributed by atoms with Gasteiger partial charge in [0.1, 0.15) is 0 Å². The first kappa shape index (κ1) is 21.2. The summed E-state index contributed by atoms with van der Waals surface area (Å²) in [6, 6.07) is 20.8. The molecule has 0 aliphatic carbocycles. The maximum absolute atomic E-state index is 13.3. The number of nitrogens with one attached hydrogen (secondary N) is 1. The van der Waals surface area contributed by atoms with Crippen LogP contribution in [0.4, 0.5) is 0 Å². The molecule has 0 aliphatic rings. The van der Waals surface area contributed by atoms with Crippen LogP contribution in [0.15, 0.2) is 79.1 Å². The number of methoxy groups -OCH3 is 2. The Labute approximate surface area is 195 Å². The molecule has 3 heterocycles. The van der Waals surface area contributed by atoms with Crippen molar-refractivity contribution in [2.45, 2.75) is 6.54 Å². The van der Waals surface area contributed by atoms with Gasteiger partial charge in [-0.25, -0.2) is 4.68 Å². The van der Waals surface area contributed by atoms with E-state index in [9.17, 15) is 4.79 Å². The van der Waals surface area contributed by atoms with E-state index >= 15 is 0 Å². The summed E-state index contributed by atoms with van der Waals surface area (Å²) >= 11 is 0. The number of fused-ring (bicyclic) bond motifs is 1. The van der Waals surface area contributed by atoms with Crippen LogP contribution in [0.2, 0.25) is 0 Å². The smallest absolute Gasteiger partial charge is 0.272 e. The number of pyridine rings is 1. The Morgan fingerprint density at radius 2 is 1.74 bits per heavy atom. The molecular weight excluding hydrogens is 432 g/mol. The van der Waals surface area contributed by atoms with Gasteiger partial charge in [0.15, 0.2) is 28.7 Å². The van der Waals surface area contributed by atoms with E-state index in [1.54, 1.807) is 25.0 Å². The SMILES string of the molecule is COc1ccc(-c2cn(-c3ccccc3)nc2C(=O)NCc2nnc3ccccn23)cc1OC. The number of benzene rings is 2. The van der Waals surface area contributed by atoms with Crippen LogP contribution in [0.5, 0.6) is 11.5 Å². The molecule has 9 nitrogen and oxygen atoms in total. The van der Waals surface area contributed by atoms with Crippen LogP contribution < -0.4 is 14.8 Å². The molecule has 2 aromatic carbocycles. The van der Waals surface area contributed by atoms with Gasteiger partial charge < -0.3 is 14.8 Å². The molecule has 170 valence electrons. The van der Waals surface area contributed by atoms with Gasteiger partial charge in [0.2, 0.25) is 0 Å². The Morgan fingerprint density at radius 1 is 0.941 bits per heavy atom. The van der Waals surface area contributed by atoms with E-state index in [4.69, 9.17) is 9.47 Å². The normalized spacial score (nSPS) is 10.9. The number of hydrogen-bond acceptors (Lipinski definition) is 6. The number of amides is 1. The van der Waals surface area contributed by atoms with Crippen LogP contribution in [-0.4, -0.2) is 44.5 Å². The first-order valence-corrected chi connectivity index (χ1v) is 10.6. The molecule has 0 saturated carbocycles. The molecule has 0 saturated heterocycles. The van der Waals surface area contributed by atoms with Crippen molar-refractivity contribution in [2.24, 2.45) is 0 Å². The van der Waals surface area contributed by atoms with Gasteiger partial charge in [0.25, 0.3) is 5.91 Å². The van der Waals surface area contributed by atoms with Crippen molar-refractivity contribution in [3.8, 4) is 28.3 Å². The number of hydrogen-bond donors (Lipinski definition) is 1. The van der Waals surface area contributed by atoms with Gasteiger partial charge in [-0.2, -0.15) is 5.10 Å². The lowest BCUT2D eigenvalue weighted by Gasteiger charge is -2.09. The Morgan fingerprint density at radius 3 is 2.53 bits per heavy atom. The third-order valence-corrected chi connectivity index (χ3v) is 5.44. The zero-order chi connectivity index (χ0) is 23.5. The number of rotatable bonds is 7. The fraction of sp³-hybridized carbons (Fsp3) is 0.120. The molecule has 0 fully saturated rings. The van der Waals surface area contributed by atoms with E-state index < -0.39 is 0 Å². The molecule has 3 aromatic heterocycles. The fourth-order valence-electron chi connectivity index (χ4n) is 3.72. The highest BCUT2D eigenvalue weighted by molar-refractivity contribution is 5.99. The van der Waals surface area contributed by atoms with E-state index in [2.05, 4.69) is 20.6 Å². The average molecular weight is 454 g/mol. The van der Waals surface area contributed by atoms with E-state index in [0.717, 1.165) is 11.3 Å². The highest BCUT2D eigenvalue weighted by atomic mass is 16.5. The molecule has 5 aromatic rings. The van der Waals surface area contributed by atoms with Crippen LogP contribution in [-0.2, 0) is 6.54 Å². The van der Waals surface area contributed by atoms with Crippen LogP contribution in [0, 0.1) is 0 Å². The monoisotopic (exact) mass is 454 g/mol. The minimum atomic E-state index is -0.327. The molecule has 0 spiro atoms. The van der Waals surface area contributed by atoms with Gasteiger partial charge in [0, 0.05) is 18.0 Å². The summed E-state index contributed by atoms with van der Waals surface area (Å²) in [7, 11) is 3.16. The molecule has 5 rings (SSSR count). The maximum atomic E-state index is 13.3. The first-order valence-electron chi connectivity index (χ1n) is 10.6. The minimum Gasteiger partial charge on any atom is -0.493 e. The predicted molar refractivity (Wildman–Crippen MR) is 126 cm³/mol. The summed E-state index contributed by atoms with van der Waals surface area (Å²) in [6.07, 6.45) is 3.69. The Bertz CT molecular complexity index is 1460. The highest BCUT2D eigenvalue weighted by Crippen LogP contribution is 2.34. The van der Waals surface area contributed by atoms with Gasteiger partial charge in [-0.3, -0.25) is 9.20 Å². The summed E-state index contributed by atoms with van der Waals surface area (Å²) < 4.78 is 14.3. The third kappa shape index (κ3) is 3.95. The second-order valence-corrected chi connectivity index (χ2v) is 7.47. The number of carbonyl (C=O) groups excluding carboxylic acids is 1. The minimum absolute atomic E-state index is 0.202. The van der Waals surface area contributed by atoms with E-state index in [1.165, 1.54) is 0 Å². The lowest BCUT2D eigenvalue weighted by atomic mass is 10.1. The van der Waals surface area contributed by atoms with Crippen LogP contribution >= 0.6 is 0 Å². The summed E-state index contributed by atoms with van der Waals surface area (Å²) in [6.45, 7) is 0.202. The largest absolute Gasteiger partial charge is 0.493 e. The van der Waals surface area contributed by atoms with Gasteiger partial charge in [-0.15, -0.1) is 10.2 Å². The molecule has 1 amide bonds. The molecule has 9 heteroatoms. The summed E-state index contributed by atoms with van der Waals surface area (Å²) in [4.78, 5) is 13.3. The number of carbonyl (C=O) groups is 1. The standard InChI is InChI=1S/C25H22N6O3/c1-33-20-12-11-17(14-21(20)34-2)19-16-31(18-8-4-3-5-9-18)29-24(19)25(32)26-15-23-28-27-22-10-6-7-13-30(22)23/h3-14,16H,15H2,1-2H3,(H,26,32). The summed E-state index contributed by atoms with van der Waals surface area (Å²) in [5.41, 5.74) is 3.27. The second-order valence-electron chi connectivity index (χ2n) is 7.47. The van der Waals surface area contributed by atoms with Crippen LogP contribution in [0.3, 0.4) is 0 Å². The first-order chi connectivity index (χ1) is 16.7. The van der Waals surface area contributed by atoms with E-state index in [0.29, 0.717) is 28.5 Å². The predicted octanol–water partition coefficient (Wildman–Crippen LogP) is 3.53. The second kappa shape index (κ2) is 9.07. The number of aromatic nitrogens is 5. The van der Waals surface area contributed by atoms with Crippen LogP contribution in [0.1, 0.15) is 16.3 Å². The zero-order valence-electron chi connectivity index (χ0n) is 18.7. The molecule has 34 heavy (non-hydrogen) atoms. The van der Waals surface area contributed by atoms with Crippen molar-refractivity contribution in [1.82, 2.24) is 29.7 Å². The highest BCUT2D eigenvalue weighted by Gasteiger charge is 2.21. The van der Waals surface area contributed by atoms with E-state index in [1.807, 2.05) is 77.5 Å². The Balaban J connectivity index is 1.51. The fourth-order valence-corrected chi connectivity index (χ4v) is 3.72. The van der Waals surface area contributed by atoms with Crippen molar-refractivity contribution < 1.29 is 14.3 Å². The van der Waals surface area contributed by atoms with Crippen molar-refractivity contribution in [1.29, 1.82) is 0 Å². The topological polar surface area (TPSA) is 95.6 Å². The Kier molecular flexibility index (Phi) is 5.65. The van der Waals surface area contributed by atoms with E-state index in [-0.39, 0.29) is 18.1 Å². The van der Waals surface area contributed by atoms with Crippen LogP contribution in [0.25, 0.3) is 22.5 Å². The number of nitrogens with zero attached hydrogens (tertiary/aromatic N) is 5. The maximum Gasteiger partial charge on any atom is 0.272 e. The lowest BCUT2D eigenvalue weighted by Crippen LogP contribution is -2.25. The van der Waals surface area contributed by atoms with Crippen molar-refractivity contribution in [2.75, 3.05) is 14.2 Å². The molecule has 0 unspecified atom stereocenters. The summed E-state index contributed by atoms with van der Waals surface area (Å²) in [5, 5.41) is 15.8. The van der Waals surface area contributed by atoms with Crippen molar-refractivity contribution >= 4 is 11.6 Å². The van der Waals surface area contributed by atoms with Gasteiger partial charge in [-0.1, -0.05) is 30.3 Å². The molecule has 0 aliphatic heterocycles. The third-order valence-electron chi connectivity index (χ3n) is 5.44. The number of para-hydroxylation sites is 1. The quantitative estimate of drug-likeness (QED) is 0.404. The molecule has 0 atom stereocenters. The van der Waals surface area contributed by atoms with Gasteiger partial charge in [-0.05, 0) is 42.0 Å². The molecule has 0 radical (unpaired) electrons. The average Bonchev–Trinajstić information content (AvgIpc) is 3.52. The Hall–Kier alpha value is -4.66. The van der Waals surface area contributed by atoms with Gasteiger partial charge >= 0.3 is 0 Å². The zero-order valence-corrected chi connectivity index (χ0v) is 18.7. The van der Waals surface area contributed by atoms with Gasteiger partial charge in [0.05, 0.1) is 26.5 Å². The molecule has 0 bridgehead atoms.